The zero-order valence-electron chi connectivity index (χ0n) is 8.16. The van der Waals surface area contributed by atoms with E-state index in [4.69, 9.17) is 34.8 Å². The second-order valence-corrected chi connectivity index (χ2v) is 4.55. The topological polar surface area (TPSA) is 32.3 Å². The molecule has 1 amide bonds. The summed E-state index contributed by atoms with van der Waals surface area (Å²) >= 11 is 19.6. The predicted molar refractivity (Wildman–Crippen MR) is 67.1 cm³/mol. The monoisotopic (exact) mass is 384 g/mol. The molecule has 0 spiro atoms. The summed E-state index contributed by atoms with van der Waals surface area (Å²) in [7, 11) is 0. The van der Waals surface area contributed by atoms with Gasteiger partial charge in [0.05, 0.1) is 15.7 Å². The first kappa shape index (κ1) is 15.8. The summed E-state index contributed by atoms with van der Waals surface area (Å²) in [4.78, 5) is 11.1. The van der Waals surface area contributed by atoms with Gasteiger partial charge < -0.3 is 0 Å². The van der Waals surface area contributed by atoms with E-state index in [1.165, 1.54) is 0 Å². The maximum absolute atomic E-state index is 12.4. The molecule has 1 N–H and O–H groups in total. The zero-order valence-corrected chi connectivity index (χ0v) is 12.0. The highest BCUT2D eigenvalue weighted by Gasteiger charge is 2.44. The van der Waals surface area contributed by atoms with Crippen LogP contribution in [-0.4, -0.2) is 12.1 Å². The number of hydrazine groups is 1. The smallest absolute Gasteiger partial charge is 0.262 e. The van der Waals surface area contributed by atoms with Gasteiger partial charge in [0.1, 0.15) is 0 Å². The van der Waals surface area contributed by atoms with Gasteiger partial charge in [0.15, 0.2) is 0 Å². The first-order valence-electron chi connectivity index (χ1n) is 4.10. The van der Waals surface area contributed by atoms with Gasteiger partial charge in [-0.2, -0.15) is 17.6 Å². The fourth-order valence-corrected chi connectivity index (χ4v) is 2.38. The van der Waals surface area contributed by atoms with E-state index in [-0.39, 0.29) is 25.8 Å². The molecule has 1 aromatic carbocycles. The number of carbonyl (C=O) groups excluding carboxylic acids is 1. The molecule has 0 fully saturated rings. The minimum atomic E-state index is -5.09. The van der Waals surface area contributed by atoms with Crippen molar-refractivity contribution >= 4 is 62.5 Å². The number of hydrogen-bond donors (Lipinski definition) is 1. The van der Waals surface area contributed by atoms with Crippen LogP contribution in [0.5, 0.6) is 0 Å². The lowest BCUT2D eigenvalue weighted by atomic mass is 10.3. The van der Waals surface area contributed by atoms with E-state index in [1.807, 2.05) is 4.45 Å². The third-order valence-electron chi connectivity index (χ3n) is 1.74. The molecule has 1 aromatic rings. The lowest BCUT2D eigenvalue weighted by Crippen LogP contribution is -2.46. The molecule has 0 bridgehead atoms. The molecule has 0 aliphatic rings. The fourth-order valence-electron chi connectivity index (χ4n) is 1.06. The molecule has 10 heteroatoms. The molecule has 0 aliphatic heterocycles. The van der Waals surface area contributed by atoms with E-state index in [0.717, 1.165) is 12.1 Å². The largest absolute Gasteiger partial charge is 0.473 e. The number of benzene rings is 1. The summed E-state index contributed by atoms with van der Waals surface area (Å²) in [5, 5.41) is -0.169. The Bertz CT molecular complexity index is 460. The molecule has 18 heavy (non-hydrogen) atoms. The molecule has 0 atom stereocenters. The van der Waals surface area contributed by atoms with Gasteiger partial charge in [-0.3, -0.25) is 4.79 Å². The first-order chi connectivity index (χ1) is 8.18. The molecule has 0 aliphatic carbocycles. The Morgan fingerprint density at radius 3 is 2.00 bits per heavy atom. The predicted octanol–water partition coefficient (Wildman–Crippen LogP) is 4.36. The average molecular weight is 386 g/mol. The van der Waals surface area contributed by atoms with Crippen LogP contribution >= 0.6 is 51.0 Å². The van der Waals surface area contributed by atoms with Gasteiger partial charge in [-0.1, -0.05) is 34.8 Å². The van der Waals surface area contributed by atoms with E-state index >= 15 is 0 Å². The molecule has 0 aromatic heterocycles. The zero-order chi connectivity index (χ0) is 14.1. The first-order valence-corrected chi connectivity index (χ1v) is 6.03. The Morgan fingerprint density at radius 1 is 1.22 bits per heavy atom. The van der Waals surface area contributed by atoms with Crippen molar-refractivity contribution in [3.8, 4) is 0 Å². The Labute approximate surface area is 123 Å². The Hall–Kier alpha value is -0.210. The van der Waals surface area contributed by atoms with Crippen LogP contribution in [0.15, 0.2) is 12.1 Å². The Balaban J connectivity index is 3.30. The van der Waals surface area contributed by atoms with Crippen LogP contribution < -0.4 is 9.46 Å². The Morgan fingerprint density at radius 2 is 1.67 bits per heavy atom. The molecule has 1 rings (SSSR count). The molecule has 100 valence electrons. The van der Waals surface area contributed by atoms with Crippen molar-refractivity contribution in [3.63, 3.8) is 0 Å². The maximum atomic E-state index is 12.4. The van der Waals surface area contributed by atoms with Crippen LogP contribution in [0, 0.1) is 0 Å². The number of nitrogens with zero attached hydrogens (tertiary/aromatic N) is 1. The summed E-state index contributed by atoms with van der Waals surface area (Å²) in [6.07, 6.45) is -5.09. The number of rotatable bonds is 2. The van der Waals surface area contributed by atoms with Gasteiger partial charge in [-0.25, -0.2) is 5.01 Å². The molecule has 3 nitrogen and oxygen atoms in total. The molecular formula is C8H3BrCl3F3N2O. The van der Waals surface area contributed by atoms with E-state index < -0.39 is 12.1 Å². The van der Waals surface area contributed by atoms with Crippen LogP contribution in [0.25, 0.3) is 0 Å². The lowest BCUT2D eigenvalue weighted by molar-refractivity contribution is -0.170. The number of carbonyl (C=O) groups is 1. The van der Waals surface area contributed by atoms with E-state index in [0.29, 0.717) is 0 Å². The van der Waals surface area contributed by atoms with Crippen molar-refractivity contribution in [2.75, 3.05) is 5.01 Å². The van der Waals surface area contributed by atoms with E-state index in [1.54, 1.807) is 0 Å². The summed E-state index contributed by atoms with van der Waals surface area (Å²) < 4.78 is 38.9. The molecule has 0 heterocycles. The van der Waals surface area contributed by atoms with Gasteiger partial charge >= 0.3 is 12.1 Å². The van der Waals surface area contributed by atoms with Crippen LogP contribution in [0.2, 0.25) is 15.1 Å². The Kier molecular flexibility index (Phi) is 5.13. The second kappa shape index (κ2) is 5.83. The molecule has 0 radical (unpaired) electrons. The fraction of sp³-hybridized carbons (Fsp3) is 0.125. The second-order valence-electron chi connectivity index (χ2n) is 2.94. The number of nitrogens with one attached hydrogen (secondary N) is 1. The SMILES string of the molecule is O=C(N(NBr)c1c(Cl)cc(Cl)cc1Cl)C(F)(F)F. The van der Waals surface area contributed by atoms with Crippen LogP contribution in [0.1, 0.15) is 0 Å². The minimum Gasteiger partial charge on any atom is -0.262 e. The van der Waals surface area contributed by atoms with Crippen LogP contribution in [0.3, 0.4) is 0 Å². The quantitative estimate of drug-likeness (QED) is 0.605. The van der Waals surface area contributed by atoms with Crippen molar-refractivity contribution in [1.82, 2.24) is 4.45 Å². The third kappa shape index (κ3) is 3.42. The summed E-state index contributed by atoms with van der Waals surface area (Å²) in [6.45, 7) is 0. The number of hydrogen-bond acceptors (Lipinski definition) is 2. The summed E-state index contributed by atoms with van der Waals surface area (Å²) in [6, 6.07) is 2.32. The third-order valence-corrected chi connectivity index (χ3v) is 2.88. The van der Waals surface area contributed by atoms with Crippen molar-refractivity contribution in [2.45, 2.75) is 6.18 Å². The van der Waals surface area contributed by atoms with E-state index in [9.17, 15) is 18.0 Å². The summed E-state index contributed by atoms with van der Waals surface area (Å²) in [5.41, 5.74) is -0.359. The summed E-state index contributed by atoms with van der Waals surface area (Å²) in [5.74, 6) is -2.19. The van der Waals surface area contributed by atoms with Gasteiger partial charge in [-0.15, -0.1) is 0 Å². The van der Waals surface area contributed by atoms with Crippen LogP contribution in [-0.2, 0) is 4.79 Å². The molecule has 0 saturated carbocycles. The highest BCUT2D eigenvalue weighted by Crippen LogP contribution is 2.37. The normalized spacial score (nSPS) is 11.5. The highest BCUT2D eigenvalue weighted by atomic mass is 79.9. The van der Waals surface area contributed by atoms with Crippen molar-refractivity contribution in [3.05, 3.63) is 27.2 Å². The molecule has 0 saturated heterocycles. The number of halogens is 7. The minimum absolute atomic E-state index is 0.126. The highest BCUT2D eigenvalue weighted by molar-refractivity contribution is 9.08. The van der Waals surface area contributed by atoms with Crippen LogP contribution in [0.4, 0.5) is 18.9 Å². The van der Waals surface area contributed by atoms with E-state index in [2.05, 4.69) is 16.1 Å². The lowest BCUT2D eigenvalue weighted by Gasteiger charge is -2.23. The maximum Gasteiger partial charge on any atom is 0.473 e. The molecule has 0 unspecified atom stereocenters. The van der Waals surface area contributed by atoms with Crippen molar-refractivity contribution in [2.24, 2.45) is 0 Å². The van der Waals surface area contributed by atoms with Gasteiger partial charge in [0.2, 0.25) is 0 Å². The van der Waals surface area contributed by atoms with Gasteiger partial charge in [0, 0.05) is 21.2 Å². The van der Waals surface area contributed by atoms with Crippen molar-refractivity contribution in [1.29, 1.82) is 0 Å². The van der Waals surface area contributed by atoms with Crippen molar-refractivity contribution < 1.29 is 18.0 Å². The number of anilines is 1. The number of alkyl halides is 3. The standard InChI is InChI=1S/C8H3BrCl3F3N2O/c9-16-17(7(18)8(13,14)15)6-4(11)1-3(10)2-5(6)12/h1-2,16H. The van der Waals surface area contributed by atoms with Gasteiger partial charge in [0.25, 0.3) is 0 Å². The average Bonchev–Trinajstić information content (AvgIpc) is 2.20. The molecular weight excluding hydrogens is 383 g/mol. The van der Waals surface area contributed by atoms with Gasteiger partial charge in [-0.05, 0) is 12.1 Å². The number of amides is 1.